The zero-order valence-electron chi connectivity index (χ0n) is 18.2. The molecule has 0 unspecified atom stereocenters. The van der Waals surface area contributed by atoms with Gasteiger partial charge in [-0.15, -0.1) is 6.58 Å². The third-order valence-electron chi connectivity index (χ3n) is 6.22. The number of cyclic esters (lactones) is 1. The van der Waals surface area contributed by atoms with Crippen LogP contribution in [0.3, 0.4) is 0 Å². The monoisotopic (exact) mass is 451 g/mol. The molecule has 1 aliphatic rings. The lowest BCUT2D eigenvalue weighted by Gasteiger charge is -2.43. The van der Waals surface area contributed by atoms with Gasteiger partial charge < -0.3 is 9.64 Å². The van der Waals surface area contributed by atoms with Crippen LogP contribution in [0.15, 0.2) is 79.4 Å². The van der Waals surface area contributed by atoms with E-state index in [1.165, 1.54) is 24.3 Å². The number of hydrogen-bond donors (Lipinski definition) is 0. The van der Waals surface area contributed by atoms with E-state index in [4.69, 9.17) is 4.74 Å². The van der Waals surface area contributed by atoms with E-state index < -0.39 is 23.3 Å². The number of hydrogen-bond acceptors (Lipinski definition) is 2. The Hall–Kier alpha value is -3.54. The highest BCUT2D eigenvalue weighted by Crippen LogP contribution is 2.40. The van der Waals surface area contributed by atoms with Crippen LogP contribution in [0.25, 0.3) is 11.1 Å². The van der Waals surface area contributed by atoms with Crippen molar-refractivity contribution in [3.63, 3.8) is 0 Å². The van der Waals surface area contributed by atoms with E-state index in [0.717, 1.165) is 17.2 Å². The number of nitrogens with zero attached hydrogens (tertiary/aromatic N) is 1. The van der Waals surface area contributed by atoms with Crippen LogP contribution >= 0.6 is 0 Å². The summed E-state index contributed by atoms with van der Waals surface area (Å²) in [5.74, 6) is -1.61. The Morgan fingerprint density at radius 3 is 2.30 bits per heavy atom. The number of amides is 1. The normalized spacial score (nSPS) is 19.2. The average molecular weight is 451 g/mol. The second-order valence-corrected chi connectivity index (χ2v) is 8.23. The molecule has 0 aliphatic carbocycles. The van der Waals surface area contributed by atoms with E-state index in [2.05, 4.69) is 6.58 Å². The summed E-state index contributed by atoms with van der Waals surface area (Å²) >= 11 is 0. The molecule has 4 rings (SSSR count). The predicted molar refractivity (Wildman–Crippen MR) is 121 cm³/mol. The Balaban J connectivity index is 1.52. The van der Waals surface area contributed by atoms with Crippen molar-refractivity contribution >= 4 is 6.09 Å². The van der Waals surface area contributed by atoms with E-state index >= 15 is 0 Å². The third-order valence-corrected chi connectivity index (χ3v) is 6.22. The van der Waals surface area contributed by atoms with Crippen LogP contribution in [0.5, 0.6) is 0 Å². The first-order chi connectivity index (χ1) is 15.8. The van der Waals surface area contributed by atoms with Crippen LogP contribution in [-0.2, 0) is 10.3 Å². The van der Waals surface area contributed by atoms with E-state index in [9.17, 15) is 18.0 Å². The smallest absolute Gasteiger partial charge is 0.411 e. The number of halogens is 3. The van der Waals surface area contributed by atoms with Crippen molar-refractivity contribution in [2.75, 3.05) is 6.54 Å². The molecule has 3 nitrogen and oxygen atoms in total. The fourth-order valence-electron chi connectivity index (χ4n) is 4.32. The maximum atomic E-state index is 14.1. The molecule has 0 radical (unpaired) electrons. The molecule has 0 aromatic heterocycles. The minimum Gasteiger partial charge on any atom is -0.437 e. The number of rotatable bonds is 6. The van der Waals surface area contributed by atoms with Crippen molar-refractivity contribution < 1.29 is 22.7 Å². The molecule has 33 heavy (non-hydrogen) atoms. The van der Waals surface area contributed by atoms with Crippen LogP contribution < -0.4 is 0 Å². The van der Waals surface area contributed by atoms with Crippen LogP contribution in [-0.4, -0.2) is 17.5 Å². The maximum Gasteiger partial charge on any atom is 0.411 e. The molecule has 1 fully saturated rings. The van der Waals surface area contributed by atoms with E-state index in [0.29, 0.717) is 30.5 Å². The molecule has 3 aromatic rings. The van der Waals surface area contributed by atoms with Gasteiger partial charge >= 0.3 is 6.09 Å². The van der Waals surface area contributed by atoms with Gasteiger partial charge in [0, 0.05) is 31.0 Å². The van der Waals surface area contributed by atoms with Crippen LogP contribution in [0.2, 0.25) is 0 Å². The molecule has 3 aromatic carbocycles. The Bertz CT molecular complexity index is 1160. The Kier molecular flexibility index (Phi) is 6.27. The molecule has 1 amide bonds. The quantitative estimate of drug-likeness (QED) is 0.373. The summed E-state index contributed by atoms with van der Waals surface area (Å²) in [6, 6.07) is 16.3. The molecule has 0 spiro atoms. The van der Waals surface area contributed by atoms with Gasteiger partial charge in [-0.2, -0.15) is 0 Å². The summed E-state index contributed by atoms with van der Waals surface area (Å²) < 4.78 is 46.6. The molecule has 6 heteroatoms. The van der Waals surface area contributed by atoms with Crippen LogP contribution in [0.4, 0.5) is 18.0 Å². The molecule has 170 valence electrons. The molecular formula is C27H24F3NO2. The van der Waals surface area contributed by atoms with Crippen molar-refractivity contribution in [1.29, 1.82) is 0 Å². The van der Waals surface area contributed by atoms with Crippen molar-refractivity contribution in [3.8, 4) is 11.1 Å². The van der Waals surface area contributed by atoms with Gasteiger partial charge in [0.2, 0.25) is 0 Å². The summed E-state index contributed by atoms with van der Waals surface area (Å²) in [4.78, 5) is 14.7. The number of ether oxygens (including phenoxy) is 1. The Labute approximate surface area is 191 Å². The molecule has 0 N–H and O–H groups in total. The predicted octanol–water partition coefficient (Wildman–Crippen LogP) is 7.15. The van der Waals surface area contributed by atoms with Gasteiger partial charge in [-0.05, 0) is 47.9 Å². The lowest BCUT2D eigenvalue weighted by molar-refractivity contribution is -0.0588. The van der Waals surface area contributed by atoms with E-state index in [1.807, 2.05) is 19.1 Å². The van der Waals surface area contributed by atoms with Gasteiger partial charge in [0.15, 0.2) is 0 Å². The first-order valence-electron chi connectivity index (χ1n) is 10.7. The lowest BCUT2D eigenvalue weighted by Crippen LogP contribution is -2.48. The molecule has 0 saturated carbocycles. The molecule has 1 heterocycles. The summed E-state index contributed by atoms with van der Waals surface area (Å²) in [6.07, 6.45) is 2.18. The average Bonchev–Trinajstić information content (AvgIpc) is 2.79. The highest BCUT2D eigenvalue weighted by Gasteiger charge is 2.42. The largest absolute Gasteiger partial charge is 0.437 e. The second kappa shape index (κ2) is 9.14. The van der Waals surface area contributed by atoms with Crippen molar-refractivity contribution in [1.82, 2.24) is 4.90 Å². The fourth-order valence-corrected chi connectivity index (χ4v) is 4.32. The van der Waals surface area contributed by atoms with E-state index in [-0.39, 0.29) is 11.9 Å². The summed E-state index contributed by atoms with van der Waals surface area (Å²) in [7, 11) is 0. The Morgan fingerprint density at radius 2 is 1.70 bits per heavy atom. The van der Waals surface area contributed by atoms with Crippen LogP contribution in [0.1, 0.15) is 36.9 Å². The summed E-state index contributed by atoms with van der Waals surface area (Å²) in [5.41, 5.74) is 1.63. The van der Waals surface area contributed by atoms with Gasteiger partial charge in [-0.1, -0.05) is 42.5 Å². The van der Waals surface area contributed by atoms with Gasteiger partial charge in [0.05, 0.1) is 6.04 Å². The van der Waals surface area contributed by atoms with Gasteiger partial charge in [-0.25, -0.2) is 18.0 Å². The van der Waals surface area contributed by atoms with Crippen molar-refractivity contribution in [3.05, 3.63) is 108 Å². The van der Waals surface area contributed by atoms with Crippen molar-refractivity contribution in [2.45, 2.75) is 31.4 Å². The zero-order chi connectivity index (χ0) is 23.6. The summed E-state index contributed by atoms with van der Waals surface area (Å²) in [5, 5.41) is 0. The standard InChI is InChI=1S/C27H24F3NO2/c1-3-14-27(21-8-10-22(28)11-9-21)15-16-31(26(32)33-27)18(2)19-4-6-20(7-5-19)24-13-12-23(29)17-25(24)30/h3-13,17-18H,1,14-16H2,2H3/t18-,27+/m0/s1. The number of carbonyl (C=O) groups excluding carboxylic acids is 1. The SMILES string of the molecule is C=CC[C@]1(c2ccc(F)cc2)CCN([C@@H](C)c2ccc(-c3ccc(F)cc3F)cc2)C(=O)O1. The van der Waals surface area contributed by atoms with Gasteiger partial charge in [0.25, 0.3) is 0 Å². The van der Waals surface area contributed by atoms with Gasteiger partial charge in [0.1, 0.15) is 23.1 Å². The minimum absolute atomic E-state index is 0.278. The Morgan fingerprint density at radius 1 is 1.03 bits per heavy atom. The highest BCUT2D eigenvalue weighted by molar-refractivity contribution is 5.70. The molecule has 1 aliphatic heterocycles. The minimum atomic E-state index is -0.882. The van der Waals surface area contributed by atoms with Crippen molar-refractivity contribution in [2.24, 2.45) is 0 Å². The third kappa shape index (κ3) is 4.51. The van der Waals surface area contributed by atoms with Crippen LogP contribution in [0, 0.1) is 17.5 Å². The first kappa shape index (κ1) is 22.6. The van der Waals surface area contributed by atoms with Gasteiger partial charge in [-0.3, -0.25) is 0 Å². The highest BCUT2D eigenvalue weighted by atomic mass is 19.1. The maximum absolute atomic E-state index is 14.1. The molecule has 0 bridgehead atoms. The topological polar surface area (TPSA) is 29.5 Å². The second-order valence-electron chi connectivity index (χ2n) is 8.23. The lowest BCUT2D eigenvalue weighted by atomic mass is 9.85. The summed E-state index contributed by atoms with van der Waals surface area (Å²) in [6.45, 7) is 6.13. The number of carbonyl (C=O) groups is 1. The molecule has 1 saturated heterocycles. The van der Waals surface area contributed by atoms with E-state index in [1.54, 1.807) is 35.2 Å². The number of benzene rings is 3. The fraction of sp³-hybridized carbons (Fsp3) is 0.222. The molecule has 2 atom stereocenters. The zero-order valence-corrected chi connectivity index (χ0v) is 18.2. The first-order valence-corrected chi connectivity index (χ1v) is 10.7. The molecular weight excluding hydrogens is 427 g/mol.